The first-order valence-electron chi connectivity index (χ1n) is 8.71. The van der Waals surface area contributed by atoms with Crippen molar-refractivity contribution in [1.29, 1.82) is 0 Å². The van der Waals surface area contributed by atoms with Crippen LogP contribution in [-0.4, -0.2) is 28.2 Å². The highest BCUT2D eigenvalue weighted by Crippen LogP contribution is 2.13. The van der Waals surface area contributed by atoms with Crippen molar-refractivity contribution in [3.05, 3.63) is 29.8 Å². The standard InChI is InChI=1S/C18H31NO3S/c1-3-4-5-6-7-10-15-22-16-11-14-19-23(20,21)18-13-9-8-12-17(18)2/h8-9,12-13,19H,3-7,10-11,14-16H2,1-2H3. The van der Waals surface area contributed by atoms with Gasteiger partial charge in [0.25, 0.3) is 0 Å². The van der Waals surface area contributed by atoms with E-state index in [-0.39, 0.29) is 0 Å². The van der Waals surface area contributed by atoms with Crippen LogP contribution < -0.4 is 4.72 Å². The van der Waals surface area contributed by atoms with Crippen LogP contribution in [0.4, 0.5) is 0 Å². The predicted molar refractivity (Wildman–Crippen MR) is 95.2 cm³/mol. The summed E-state index contributed by atoms with van der Waals surface area (Å²) < 4.78 is 32.5. The van der Waals surface area contributed by atoms with E-state index in [1.165, 1.54) is 32.1 Å². The van der Waals surface area contributed by atoms with Gasteiger partial charge in [0.1, 0.15) is 0 Å². The summed E-state index contributed by atoms with van der Waals surface area (Å²) in [5.74, 6) is 0. The van der Waals surface area contributed by atoms with Gasteiger partial charge in [0.2, 0.25) is 10.0 Å². The van der Waals surface area contributed by atoms with E-state index in [4.69, 9.17) is 4.74 Å². The second-order valence-corrected chi connectivity index (χ2v) is 7.63. The number of unbranched alkanes of at least 4 members (excludes halogenated alkanes) is 5. The van der Waals surface area contributed by atoms with Crippen LogP contribution in [-0.2, 0) is 14.8 Å². The maximum absolute atomic E-state index is 12.2. The minimum absolute atomic E-state index is 0.355. The third kappa shape index (κ3) is 8.49. The van der Waals surface area contributed by atoms with Crippen molar-refractivity contribution in [2.75, 3.05) is 19.8 Å². The Bertz CT molecular complexity index is 529. The third-order valence-electron chi connectivity index (χ3n) is 3.78. The Labute approximate surface area is 141 Å². The van der Waals surface area contributed by atoms with Crippen molar-refractivity contribution in [3.63, 3.8) is 0 Å². The molecule has 0 atom stereocenters. The lowest BCUT2D eigenvalue weighted by molar-refractivity contribution is 0.128. The molecule has 0 fully saturated rings. The molecule has 0 spiro atoms. The lowest BCUT2D eigenvalue weighted by Crippen LogP contribution is -2.26. The van der Waals surface area contributed by atoms with Gasteiger partial charge < -0.3 is 4.74 Å². The van der Waals surface area contributed by atoms with Crippen LogP contribution in [0.25, 0.3) is 0 Å². The first-order chi connectivity index (χ1) is 11.1. The number of hydrogen-bond acceptors (Lipinski definition) is 3. The molecule has 0 aliphatic rings. The van der Waals surface area contributed by atoms with Gasteiger partial charge in [0.15, 0.2) is 0 Å². The predicted octanol–water partition coefficient (Wildman–Crippen LogP) is 4.04. The lowest BCUT2D eigenvalue weighted by Gasteiger charge is -2.09. The largest absolute Gasteiger partial charge is 0.381 e. The summed E-state index contributed by atoms with van der Waals surface area (Å²) >= 11 is 0. The average molecular weight is 342 g/mol. The molecule has 1 aromatic carbocycles. The van der Waals surface area contributed by atoms with Gasteiger partial charge in [-0.25, -0.2) is 13.1 Å². The van der Waals surface area contributed by atoms with Crippen LogP contribution in [0.2, 0.25) is 0 Å². The maximum Gasteiger partial charge on any atom is 0.240 e. The van der Waals surface area contributed by atoms with E-state index in [1.54, 1.807) is 25.1 Å². The first kappa shape index (κ1) is 20.1. The lowest BCUT2D eigenvalue weighted by atomic mass is 10.1. The Balaban J connectivity index is 2.08. The molecule has 0 saturated heterocycles. The van der Waals surface area contributed by atoms with Gasteiger partial charge in [0.05, 0.1) is 4.90 Å². The summed E-state index contributed by atoms with van der Waals surface area (Å²) in [5.41, 5.74) is 0.763. The van der Waals surface area contributed by atoms with E-state index in [1.807, 2.05) is 6.07 Å². The monoisotopic (exact) mass is 341 g/mol. The summed E-state index contributed by atoms with van der Waals surface area (Å²) in [6.45, 7) is 5.81. The fourth-order valence-corrected chi connectivity index (χ4v) is 3.72. The highest BCUT2D eigenvalue weighted by molar-refractivity contribution is 7.89. The molecule has 0 saturated carbocycles. The van der Waals surface area contributed by atoms with Crippen LogP contribution in [0.3, 0.4) is 0 Å². The van der Waals surface area contributed by atoms with Crippen LogP contribution in [0.1, 0.15) is 57.4 Å². The van der Waals surface area contributed by atoms with Crippen molar-refractivity contribution in [3.8, 4) is 0 Å². The van der Waals surface area contributed by atoms with Crippen molar-refractivity contribution in [1.82, 2.24) is 4.72 Å². The molecule has 0 aliphatic heterocycles. The maximum atomic E-state index is 12.2. The van der Waals surface area contributed by atoms with Gasteiger partial charge >= 0.3 is 0 Å². The van der Waals surface area contributed by atoms with Gasteiger partial charge in [-0.05, 0) is 31.4 Å². The van der Waals surface area contributed by atoms with Crippen LogP contribution in [0, 0.1) is 6.92 Å². The quantitative estimate of drug-likeness (QED) is 0.551. The molecule has 1 N–H and O–H groups in total. The van der Waals surface area contributed by atoms with Gasteiger partial charge in [-0.15, -0.1) is 0 Å². The molecule has 0 aromatic heterocycles. The van der Waals surface area contributed by atoms with Crippen molar-refractivity contribution in [2.45, 2.75) is 63.7 Å². The number of sulfonamides is 1. The minimum atomic E-state index is -3.41. The van der Waals surface area contributed by atoms with Crippen molar-refractivity contribution in [2.24, 2.45) is 0 Å². The topological polar surface area (TPSA) is 55.4 Å². The van der Waals surface area contributed by atoms with Gasteiger partial charge in [-0.2, -0.15) is 0 Å². The summed E-state index contributed by atoms with van der Waals surface area (Å²) in [6, 6.07) is 7.01. The Morgan fingerprint density at radius 3 is 2.35 bits per heavy atom. The number of nitrogens with one attached hydrogen (secondary N) is 1. The summed E-state index contributed by atoms with van der Waals surface area (Å²) in [7, 11) is -3.41. The SMILES string of the molecule is CCCCCCCCOCCCNS(=O)(=O)c1ccccc1C. The summed E-state index contributed by atoms with van der Waals surface area (Å²) in [4.78, 5) is 0.355. The molecular weight excluding hydrogens is 310 g/mol. The molecule has 132 valence electrons. The Morgan fingerprint density at radius 1 is 0.957 bits per heavy atom. The van der Waals surface area contributed by atoms with Crippen LogP contribution >= 0.6 is 0 Å². The second-order valence-electron chi connectivity index (χ2n) is 5.90. The minimum Gasteiger partial charge on any atom is -0.381 e. The van der Waals surface area contributed by atoms with Crippen molar-refractivity contribution >= 4 is 10.0 Å². The number of aryl methyl sites for hydroxylation is 1. The van der Waals surface area contributed by atoms with Gasteiger partial charge in [0, 0.05) is 19.8 Å². The molecule has 1 aromatic rings. The Kier molecular flexibility index (Phi) is 10.2. The number of ether oxygens (including phenoxy) is 1. The molecule has 5 heteroatoms. The molecule has 23 heavy (non-hydrogen) atoms. The van der Waals surface area contributed by atoms with E-state index in [9.17, 15) is 8.42 Å². The van der Waals surface area contributed by atoms with Gasteiger partial charge in [-0.1, -0.05) is 57.2 Å². The fourth-order valence-electron chi connectivity index (χ4n) is 2.40. The molecule has 0 aliphatic carbocycles. The molecule has 0 radical (unpaired) electrons. The van der Waals surface area contributed by atoms with E-state index < -0.39 is 10.0 Å². The molecule has 0 unspecified atom stereocenters. The first-order valence-corrected chi connectivity index (χ1v) is 10.2. The van der Waals surface area contributed by atoms with E-state index >= 15 is 0 Å². The average Bonchev–Trinajstić information content (AvgIpc) is 2.53. The number of rotatable bonds is 13. The van der Waals surface area contributed by atoms with E-state index in [2.05, 4.69) is 11.6 Å². The number of benzene rings is 1. The van der Waals surface area contributed by atoms with Crippen LogP contribution in [0.5, 0.6) is 0 Å². The third-order valence-corrected chi connectivity index (χ3v) is 5.40. The van der Waals surface area contributed by atoms with E-state index in [0.29, 0.717) is 24.5 Å². The highest BCUT2D eigenvalue weighted by atomic mass is 32.2. The Hall–Kier alpha value is -0.910. The highest BCUT2D eigenvalue weighted by Gasteiger charge is 2.14. The van der Waals surface area contributed by atoms with E-state index in [0.717, 1.165) is 18.6 Å². The summed E-state index contributed by atoms with van der Waals surface area (Å²) in [5, 5.41) is 0. The normalized spacial score (nSPS) is 11.7. The van der Waals surface area contributed by atoms with Gasteiger partial charge in [-0.3, -0.25) is 0 Å². The summed E-state index contributed by atoms with van der Waals surface area (Å²) in [6.07, 6.45) is 8.21. The van der Waals surface area contributed by atoms with Crippen molar-refractivity contribution < 1.29 is 13.2 Å². The smallest absolute Gasteiger partial charge is 0.240 e. The molecular formula is C18H31NO3S. The zero-order valence-corrected chi connectivity index (χ0v) is 15.3. The molecule has 1 rings (SSSR count). The fraction of sp³-hybridized carbons (Fsp3) is 0.667. The molecule has 4 nitrogen and oxygen atoms in total. The molecule has 0 bridgehead atoms. The zero-order chi connectivity index (χ0) is 17.0. The molecule has 0 amide bonds. The second kappa shape index (κ2) is 11.6. The zero-order valence-electron chi connectivity index (χ0n) is 14.5. The molecule has 0 heterocycles. The number of hydrogen-bond donors (Lipinski definition) is 1. The van der Waals surface area contributed by atoms with Crippen LogP contribution in [0.15, 0.2) is 29.2 Å². The Morgan fingerprint density at radius 2 is 1.61 bits per heavy atom.